The quantitative estimate of drug-likeness (QED) is 0.530. The van der Waals surface area contributed by atoms with E-state index in [1.165, 1.54) is 0 Å². The number of benzene rings is 2. The number of carbonyl (C=O) groups excluding carboxylic acids is 1. The molecule has 1 heterocycles. The Kier molecular flexibility index (Phi) is 4.13. The Bertz CT molecular complexity index is 852. The van der Waals surface area contributed by atoms with Crippen LogP contribution in [-0.4, -0.2) is 12.5 Å². The van der Waals surface area contributed by atoms with Crippen molar-refractivity contribution < 1.29 is 9.53 Å². The van der Waals surface area contributed by atoms with Gasteiger partial charge in [0.15, 0.2) is 11.5 Å². The van der Waals surface area contributed by atoms with E-state index in [1.54, 1.807) is 29.2 Å². The summed E-state index contributed by atoms with van der Waals surface area (Å²) in [6, 6.07) is 13.2. The van der Waals surface area contributed by atoms with Gasteiger partial charge in [0.05, 0.1) is 5.69 Å². The molecule has 0 atom stereocenters. The number of carbonyl (C=O) groups is 1. The molecule has 1 aliphatic rings. The first-order valence-corrected chi connectivity index (χ1v) is 7.76. The molecule has 0 radical (unpaired) electrons. The smallest absolute Gasteiger partial charge is 0.294 e. The molecular weight excluding hydrogens is 300 g/mol. The van der Waals surface area contributed by atoms with Crippen molar-refractivity contribution in [3.8, 4) is 5.75 Å². The van der Waals surface area contributed by atoms with Crippen LogP contribution in [0.3, 0.4) is 0 Å². The SMILES string of the molecule is C=C(C)CN1C(=O)/C(=C\c2cccc(C)c2)Oc2cc(N)ccc21. The van der Waals surface area contributed by atoms with E-state index in [2.05, 4.69) is 6.58 Å². The number of fused-ring (bicyclic) bond motifs is 1. The highest BCUT2D eigenvalue weighted by Gasteiger charge is 2.30. The van der Waals surface area contributed by atoms with Gasteiger partial charge in [-0.1, -0.05) is 42.0 Å². The number of ether oxygens (including phenoxy) is 1. The van der Waals surface area contributed by atoms with Crippen LogP contribution in [0.5, 0.6) is 5.75 Å². The number of rotatable bonds is 3. The van der Waals surface area contributed by atoms with E-state index < -0.39 is 0 Å². The number of nitrogen functional groups attached to an aromatic ring is 1. The molecule has 0 spiro atoms. The third-order valence-corrected chi connectivity index (χ3v) is 3.72. The van der Waals surface area contributed by atoms with E-state index in [0.717, 1.165) is 16.7 Å². The van der Waals surface area contributed by atoms with Crippen LogP contribution < -0.4 is 15.4 Å². The molecule has 1 amide bonds. The van der Waals surface area contributed by atoms with E-state index in [0.29, 0.717) is 23.7 Å². The Morgan fingerprint density at radius 2 is 2.08 bits per heavy atom. The molecule has 24 heavy (non-hydrogen) atoms. The van der Waals surface area contributed by atoms with E-state index in [4.69, 9.17) is 10.5 Å². The zero-order valence-corrected chi connectivity index (χ0v) is 13.9. The summed E-state index contributed by atoms with van der Waals surface area (Å²) in [6.45, 7) is 8.25. The van der Waals surface area contributed by atoms with Gasteiger partial charge in [-0.25, -0.2) is 0 Å². The Morgan fingerprint density at radius 3 is 2.79 bits per heavy atom. The topological polar surface area (TPSA) is 55.6 Å². The first-order chi connectivity index (χ1) is 11.4. The molecule has 2 aromatic rings. The largest absolute Gasteiger partial charge is 0.449 e. The van der Waals surface area contributed by atoms with Gasteiger partial charge in [0.2, 0.25) is 0 Å². The number of aryl methyl sites for hydroxylation is 1. The molecule has 2 aromatic carbocycles. The third-order valence-electron chi connectivity index (χ3n) is 3.72. The van der Waals surface area contributed by atoms with Crippen molar-refractivity contribution in [3.63, 3.8) is 0 Å². The lowest BCUT2D eigenvalue weighted by molar-refractivity contribution is -0.117. The van der Waals surface area contributed by atoms with Crippen molar-refractivity contribution in [3.05, 3.63) is 71.5 Å². The second kappa shape index (κ2) is 6.24. The molecule has 122 valence electrons. The minimum absolute atomic E-state index is 0.184. The fourth-order valence-electron chi connectivity index (χ4n) is 2.67. The predicted octanol–water partition coefficient (Wildman–Crippen LogP) is 3.92. The van der Waals surface area contributed by atoms with Gasteiger partial charge in [0.25, 0.3) is 5.91 Å². The Hall–Kier alpha value is -3.01. The molecule has 0 saturated heterocycles. The molecule has 2 N–H and O–H groups in total. The molecule has 0 aromatic heterocycles. The summed E-state index contributed by atoms with van der Waals surface area (Å²) in [7, 11) is 0. The van der Waals surface area contributed by atoms with E-state index in [-0.39, 0.29) is 11.7 Å². The minimum Gasteiger partial charge on any atom is -0.449 e. The highest BCUT2D eigenvalue weighted by atomic mass is 16.5. The summed E-state index contributed by atoms with van der Waals surface area (Å²) >= 11 is 0. The standard InChI is InChI=1S/C20H20N2O2/c1-13(2)12-22-17-8-7-16(21)11-18(17)24-19(20(22)23)10-15-6-4-5-14(3)9-15/h4-11H,1,12,21H2,2-3H3/b19-10+. The molecule has 0 aliphatic carbocycles. The van der Waals surface area contributed by atoms with Gasteiger partial charge < -0.3 is 10.5 Å². The van der Waals surface area contributed by atoms with Crippen LogP contribution in [0, 0.1) is 6.92 Å². The van der Waals surface area contributed by atoms with Crippen LogP contribution in [-0.2, 0) is 4.79 Å². The molecule has 4 heteroatoms. The van der Waals surface area contributed by atoms with Crippen molar-refractivity contribution in [1.82, 2.24) is 0 Å². The van der Waals surface area contributed by atoms with Crippen LogP contribution in [0.15, 0.2) is 60.4 Å². The second-order valence-electron chi connectivity index (χ2n) is 6.10. The number of hydrogen-bond acceptors (Lipinski definition) is 3. The predicted molar refractivity (Wildman–Crippen MR) is 97.8 cm³/mol. The highest BCUT2D eigenvalue weighted by molar-refractivity contribution is 6.10. The van der Waals surface area contributed by atoms with Gasteiger partial charge in [-0.3, -0.25) is 9.69 Å². The number of hydrogen-bond donors (Lipinski definition) is 1. The summed E-state index contributed by atoms with van der Waals surface area (Å²) in [4.78, 5) is 14.5. The van der Waals surface area contributed by atoms with Crippen LogP contribution in [0.25, 0.3) is 6.08 Å². The van der Waals surface area contributed by atoms with E-state index in [9.17, 15) is 4.79 Å². The number of nitrogens with two attached hydrogens (primary N) is 1. The lowest BCUT2D eigenvalue weighted by Crippen LogP contribution is -2.38. The monoisotopic (exact) mass is 320 g/mol. The number of amides is 1. The van der Waals surface area contributed by atoms with Gasteiger partial charge in [0.1, 0.15) is 0 Å². The van der Waals surface area contributed by atoms with Gasteiger partial charge in [-0.05, 0) is 37.6 Å². The van der Waals surface area contributed by atoms with Crippen molar-refractivity contribution in [2.24, 2.45) is 0 Å². The first-order valence-electron chi connectivity index (χ1n) is 7.76. The van der Waals surface area contributed by atoms with Crippen molar-refractivity contribution in [2.75, 3.05) is 17.2 Å². The average Bonchev–Trinajstić information content (AvgIpc) is 2.51. The van der Waals surface area contributed by atoms with Gasteiger partial charge in [-0.15, -0.1) is 0 Å². The molecule has 0 unspecified atom stereocenters. The highest BCUT2D eigenvalue weighted by Crippen LogP contribution is 2.37. The lowest BCUT2D eigenvalue weighted by Gasteiger charge is -2.30. The molecule has 4 nitrogen and oxygen atoms in total. The fraction of sp³-hybridized carbons (Fsp3) is 0.150. The Balaban J connectivity index is 2.06. The molecule has 0 bridgehead atoms. The maximum atomic E-state index is 12.9. The van der Waals surface area contributed by atoms with Crippen LogP contribution in [0.1, 0.15) is 18.1 Å². The zero-order valence-electron chi connectivity index (χ0n) is 13.9. The fourth-order valence-corrected chi connectivity index (χ4v) is 2.67. The van der Waals surface area contributed by atoms with Crippen LogP contribution >= 0.6 is 0 Å². The molecule has 3 rings (SSSR count). The summed E-state index contributed by atoms with van der Waals surface area (Å²) in [5.41, 5.74) is 10.1. The van der Waals surface area contributed by atoms with Gasteiger partial charge >= 0.3 is 0 Å². The molecule has 1 aliphatic heterocycles. The second-order valence-corrected chi connectivity index (χ2v) is 6.10. The average molecular weight is 320 g/mol. The van der Waals surface area contributed by atoms with Gasteiger partial charge in [-0.2, -0.15) is 0 Å². The molecule has 0 fully saturated rings. The summed E-state index contributed by atoms with van der Waals surface area (Å²) < 4.78 is 5.84. The molecular formula is C20H20N2O2. The normalized spacial score (nSPS) is 15.2. The number of anilines is 2. The Morgan fingerprint density at radius 1 is 1.29 bits per heavy atom. The van der Waals surface area contributed by atoms with Crippen LogP contribution in [0.4, 0.5) is 11.4 Å². The first kappa shape index (κ1) is 15.9. The Labute approximate surface area is 141 Å². The summed E-state index contributed by atoms with van der Waals surface area (Å²) in [6.07, 6.45) is 1.76. The van der Waals surface area contributed by atoms with Gasteiger partial charge in [0, 0.05) is 18.3 Å². The number of nitrogens with zero attached hydrogens (tertiary/aromatic N) is 1. The maximum Gasteiger partial charge on any atom is 0.294 e. The summed E-state index contributed by atoms with van der Waals surface area (Å²) in [5.74, 6) is 0.673. The maximum absolute atomic E-state index is 12.9. The van der Waals surface area contributed by atoms with Crippen LogP contribution in [0.2, 0.25) is 0 Å². The lowest BCUT2D eigenvalue weighted by atomic mass is 10.1. The van der Waals surface area contributed by atoms with Crippen molar-refractivity contribution in [2.45, 2.75) is 13.8 Å². The summed E-state index contributed by atoms with van der Waals surface area (Å²) in [5, 5.41) is 0. The molecule has 0 saturated carbocycles. The minimum atomic E-state index is -0.184. The van der Waals surface area contributed by atoms with E-state index >= 15 is 0 Å². The van der Waals surface area contributed by atoms with Crippen molar-refractivity contribution in [1.29, 1.82) is 0 Å². The zero-order chi connectivity index (χ0) is 17.3. The third kappa shape index (κ3) is 3.18. The van der Waals surface area contributed by atoms with Crippen molar-refractivity contribution >= 4 is 23.4 Å². The van der Waals surface area contributed by atoms with E-state index in [1.807, 2.05) is 38.1 Å².